The van der Waals surface area contributed by atoms with Gasteiger partial charge < -0.3 is 14.7 Å². The molecule has 0 saturated carbocycles. The first-order valence-corrected chi connectivity index (χ1v) is 33.9. The molecule has 0 spiro atoms. The maximum atomic E-state index is 2.67. The van der Waals surface area contributed by atoms with Crippen LogP contribution in [-0.4, -0.2) is 6.71 Å². The second-order valence-electron chi connectivity index (χ2n) is 30.1. The molecule has 4 heteroatoms. The molecule has 2 aliphatic heterocycles. The number of nitrogens with zero attached hydrogens (tertiary/aromatic N) is 3. The standard InChI is InChI=1S/C91H80BN3/c1-88(2,3)64-41-43-67(44-42-64)93(87-75(61-32-20-14-21-33-61)53-65(89(4,5)6)54-76(87)62-34-22-15-23-35-62)69-46-49-79-83(58-69)94(68-45-47-73-72-37-26-27-39-77(72)91(10,11)78(73)57-68)84-55-66(90(7,8)9)56-85-86(84)92(79)80-52-63(59-28-16-12-17-29-59)40-50-82(80)95(85)81-51-48-70(60-30-18-13-19-31-60)71-36-24-25-38-74(71)81/h12-58H,1-11H3. The number of fused-ring (bicyclic) bond motifs is 8. The fourth-order valence-corrected chi connectivity index (χ4v) is 15.6. The topological polar surface area (TPSA) is 9.72 Å². The highest BCUT2D eigenvalue weighted by Crippen LogP contribution is 2.55. The van der Waals surface area contributed by atoms with Gasteiger partial charge in [0.15, 0.2) is 0 Å². The Balaban J connectivity index is 1.03. The Morgan fingerprint density at radius 2 is 0.800 bits per heavy atom. The zero-order valence-corrected chi connectivity index (χ0v) is 56.6. The summed E-state index contributed by atoms with van der Waals surface area (Å²) in [6.07, 6.45) is 0. The molecule has 13 aromatic carbocycles. The molecule has 462 valence electrons. The molecule has 0 aromatic heterocycles. The lowest BCUT2D eigenvalue weighted by Crippen LogP contribution is -2.61. The Bertz CT molecular complexity index is 5080. The lowest BCUT2D eigenvalue weighted by atomic mass is 9.33. The van der Waals surface area contributed by atoms with Crippen molar-refractivity contribution in [2.75, 3.05) is 14.7 Å². The smallest absolute Gasteiger partial charge is 0.252 e. The molecule has 13 aromatic rings. The van der Waals surface area contributed by atoms with Crippen LogP contribution in [0.15, 0.2) is 285 Å². The van der Waals surface area contributed by atoms with Crippen LogP contribution in [0.4, 0.5) is 51.2 Å². The first-order valence-electron chi connectivity index (χ1n) is 33.9. The summed E-state index contributed by atoms with van der Waals surface area (Å²) in [6.45, 7) is 25.8. The van der Waals surface area contributed by atoms with Gasteiger partial charge in [0.2, 0.25) is 0 Å². The van der Waals surface area contributed by atoms with Crippen molar-refractivity contribution in [3.8, 4) is 55.6 Å². The molecule has 0 radical (unpaired) electrons. The molecule has 0 saturated heterocycles. The molecule has 16 rings (SSSR count). The number of anilines is 9. The lowest BCUT2D eigenvalue weighted by Gasteiger charge is -2.46. The van der Waals surface area contributed by atoms with Crippen molar-refractivity contribution < 1.29 is 0 Å². The number of benzene rings is 13. The van der Waals surface area contributed by atoms with Gasteiger partial charge in [-0.05, 0) is 183 Å². The Kier molecular flexibility index (Phi) is 14.0. The monoisotopic (exact) mass is 1230 g/mol. The third kappa shape index (κ3) is 10.0. The van der Waals surface area contributed by atoms with Crippen LogP contribution < -0.4 is 31.1 Å². The molecule has 3 nitrogen and oxygen atoms in total. The minimum absolute atomic E-state index is 0.0522. The third-order valence-electron chi connectivity index (χ3n) is 20.7. The largest absolute Gasteiger partial charge is 0.311 e. The van der Waals surface area contributed by atoms with Crippen LogP contribution in [0, 0.1) is 0 Å². The number of hydrogen-bond donors (Lipinski definition) is 0. The van der Waals surface area contributed by atoms with Crippen molar-refractivity contribution in [3.05, 3.63) is 313 Å². The van der Waals surface area contributed by atoms with E-state index in [0.717, 1.165) is 34.1 Å². The Hall–Kier alpha value is -10.4. The number of hydrogen-bond acceptors (Lipinski definition) is 3. The van der Waals surface area contributed by atoms with E-state index in [-0.39, 0.29) is 28.4 Å². The van der Waals surface area contributed by atoms with Crippen molar-refractivity contribution in [3.63, 3.8) is 0 Å². The molecular weight excluding hydrogens is 1150 g/mol. The Morgan fingerprint density at radius 1 is 0.305 bits per heavy atom. The van der Waals surface area contributed by atoms with Crippen molar-refractivity contribution in [1.82, 2.24) is 0 Å². The predicted molar refractivity (Wildman–Crippen MR) is 408 cm³/mol. The summed E-state index contributed by atoms with van der Waals surface area (Å²) in [5, 5.41) is 2.42. The second-order valence-corrected chi connectivity index (χ2v) is 30.1. The molecule has 0 unspecified atom stereocenters. The third-order valence-corrected chi connectivity index (χ3v) is 20.7. The van der Waals surface area contributed by atoms with Gasteiger partial charge in [0.05, 0.1) is 11.4 Å². The minimum atomic E-state index is -0.245. The van der Waals surface area contributed by atoms with Gasteiger partial charge in [0.1, 0.15) is 0 Å². The van der Waals surface area contributed by atoms with E-state index >= 15 is 0 Å². The van der Waals surface area contributed by atoms with Crippen molar-refractivity contribution in [1.29, 1.82) is 0 Å². The Labute approximate surface area is 562 Å². The van der Waals surface area contributed by atoms with Gasteiger partial charge in [-0.15, -0.1) is 0 Å². The van der Waals surface area contributed by atoms with E-state index in [1.807, 2.05) is 0 Å². The summed E-state index contributed by atoms with van der Waals surface area (Å²) in [5.74, 6) is 0. The summed E-state index contributed by atoms with van der Waals surface area (Å²) < 4.78 is 0. The van der Waals surface area contributed by atoms with Gasteiger partial charge in [-0.1, -0.05) is 288 Å². The molecule has 0 fully saturated rings. The van der Waals surface area contributed by atoms with Gasteiger partial charge in [0, 0.05) is 61.7 Å². The van der Waals surface area contributed by atoms with Crippen LogP contribution in [0.25, 0.3) is 66.4 Å². The van der Waals surface area contributed by atoms with Gasteiger partial charge in [0.25, 0.3) is 6.71 Å². The lowest BCUT2D eigenvalue weighted by molar-refractivity contribution is 0.590. The average Bonchev–Trinajstić information content (AvgIpc) is 0.791. The molecule has 3 aliphatic rings. The molecule has 95 heavy (non-hydrogen) atoms. The first-order chi connectivity index (χ1) is 45.8. The van der Waals surface area contributed by atoms with Crippen LogP contribution >= 0.6 is 0 Å². The fourth-order valence-electron chi connectivity index (χ4n) is 15.6. The number of rotatable bonds is 9. The Morgan fingerprint density at radius 3 is 1.41 bits per heavy atom. The molecule has 0 bridgehead atoms. The zero-order valence-electron chi connectivity index (χ0n) is 56.6. The summed E-state index contributed by atoms with van der Waals surface area (Å²) in [6, 6.07) is 109. The molecule has 2 heterocycles. The maximum Gasteiger partial charge on any atom is 0.252 e. The van der Waals surface area contributed by atoms with Crippen molar-refractivity contribution in [2.45, 2.75) is 97.8 Å². The first kappa shape index (κ1) is 59.6. The SMILES string of the molecule is CC(C)(C)c1ccc(N(c2ccc3c(c2)N(c2ccc4c(c2)C(C)(C)c2ccccc2-4)c2cc(C(C)(C)C)cc4c2B3c2cc(-c3ccccc3)ccc2N4c2ccc(-c3ccccc3)c3ccccc23)c2c(-c3ccccc3)cc(C(C)(C)C)cc2-c2ccccc2)cc1. The second kappa shape index (κ2) is 22.4. The molecule has 0 amide bonds. The zero-order chi connectivity index (χ0) is 65.3. The van der Waals surface area contributed by atoms with Gasteiger partial charge in [-0.2, -0.15) is 0 Å². The van der Waals surface area contributed by atoms with E-state index in [0.29, 0.717) is 0 Å². The molecule has 0 atom stereocenters. The summed E-state index contributed by atoms with van der Waals surface area (Å²) in [4.78, 5) is 7.89. The van der Waals surface area contributed by atoms with E-state index in [1.54, 1.807) is 0 Å². The van der Waals surface area contributed by atoms with E-state index in [2.05, 4.69) is 376 Å². The van der Waals surface area contributed by atoms with Gasteiger partial charge >= 0.3 is 0 Å². The van der Waals surface area contributed by atoms with E-state index in [9.17, 15) is 0 Å². The quantitative estimate of drug-likeness (QED) is 0.133. The van der Waals surface area contributed by atoms with Gasteiger partial charge in [-0.25, -0.2) is 0 Å². The highest BCUT2D eigenvalue weighted by Gasteiger charge is 2.46. The van der Waals surface area contributed by atoms with Crippen LogP contribution in [0.5, 0.6) is 0 Å². The maximum absolute atomic E-state index is 2.67. The molecular formula is C91H80BN3. The van der Waals surface area contributed by atoms with E-state index in [1.165, 1.54) is 128 Å². The fraction of sp³-hybridized carbons (Fsp3) is 0.165. The van der Waals surface area contributed by atoms with Crippen LogP contribution in [0.2, 0.25) is 0 Å². The van der Waals surface area contributed by atoms with Crippen molar-refractivity contribution in [2.24, 2.45) is 0 Å². The minimum Gasteiger partial charge on any atom is -0.311 e. The van der Waals surface area contributed by atoms with Crippen LogP contribution in [0.3, 0.4) is 0 Å². The summed E-state index contributed by atoms with van der Waals surface area (Å²) in [7, 11) is 0. The average molecular weight is 1230 g/mol. The normalized spacial score (nSPS) is 13.7. The highest BCUT2D eigenvalue weighted by molar-refractivity contribution is 7.00. The summed E-state index contributed by atoms with van der Waals surface area (Å²) >= 11 is 0. The molecule has 0 N–H and O–H groups in total. The van der Waals surface area contributed by atoms with Crippen LogP contribution in [-0.2, 0) is 21.7 Å². The van der Waals surface area contributed by atoms with E-state index < -0.39 is 0 Å². The van der Waals surface area contributed by atoms with E-state index in [4.69, 9.17) is 0 Å². The summed E-state index contributed by atoms with van der Waals surface area (Å²) in [5.41, 5.74) is 32.1. The predicted octanol–water partition coefficient (Wildman–Crippen LogP) is 23.3. The molecule has 1 aliphatic carbocycles. The van der Waals surface area contributed by atoms with Crippen molar-refractivity contribution >= 4 is 85.1 Å². The van der Waals surface area contributed by atoms with Gasteiger partial charge in [-0.3, -0.25) is 0 Å². The highest BCUT2D eigenvalue weighted by atomic mass is 15.2. The van der Waals surface area contributed by atoms with Crippen LogP contribution in [0.1, 0.15) is 104 Å².